The summed E-state index contributed by atoms with van der Waals surface area (Å²) < 4.78 is 39.8. The van der Waals surface area contributed by atoms with Gasteiger partial charge in [0.1, 0.15) is 5.60 Å². The minimum Gasteiger partial charge on any atom is -0.376 e. The second-order valence-electron chi connectivity index (χ2n) is 7.44. The van der Waals surface area contributed by atoms with E-state index in [-0.39, 0.29) is 38.8 Å². The summed E-state index contributed by atoms with van der Waals surface area (Å²) >= 11 is 0. The molecule has 4 rings (SSSR count). The summed E-state index contributed by atoms with van der Waals surface area (Å²) in [4.78, 5) is 32.0. The van der Waals surface area contributed by atoms with Crippen LogP contribution in [0.5, 0.6) is 0 Å². The molecule has 1 aromatic heterocycles. The Labute approximate surface area is 172 Å². The fourth-order valence-corrected chi connectivity index (χ4v) is 3.80. The molecule has 0 radical (unpaired) electrons. The van der Waals surface area contributed by atoms with E-state index in [0.717, 1.165) is 4.90 Å². The van der Waals surface area contributed by atoms with Gasteiger partial charge in [0, 0.05) is 24.1 Å². The highest BCUT2D eigenvalue weighted by Gasteiger charge is 2.58. The quantitative estimate of drug-likeness (QED) is 0.750. The number of anilines is 1. The molecule has 0 bridgehead atoms. The third-order valence-corrected chi connectivity index (χ3v) is 5.23. The van der Waals surface area contributed by atoms with Crippen LogP contribution in [0, 0.1) is 6.92 Å². The third kappa shape index (κ3) is 3.78. The molecule has 1 spiro atoms. The van der Waals surface area contributed by atoms with E-state index in [2.05, 4.69) is 4.98 Å². The standard InChI is InChI=1S/C21H21F2N3O4/c1-15-17(8-5-9-24-15)18(27)25-10-11-29-14-20(12-25)13-26(16-6-3-2-4-7-16)19(28)21(22,23)30-20/h2-9H,10-14H2,1H3. The largest absolute Gasteiger partial charge is 0.437 e. The molecule has 158 valence electrons. The highest BCUT2D eigenvalue weighted by molar-refractivity contribution is 5.98. The van der Waals surface area contributed by atoms with E-state index < -0.39 is 17.6 Å². The van der Waals surface area contributed by atoms with Gasteiger partial charge in [0.2, 0.25) is 0 Å². The SMILES string of the molecule is Cc1ncccc1C(=O)N1CCOCC2(C1)CN(c1ccccc1)C(=O)C(F)(F)O2. The maximum Gasteiger partial charge on any atom is 0.437 e. The summed E-state index contributed by atoms with van der Waals surface area (Å²) in [6.07, 6.45) is -2.46. The summed E-state index contributed by atoms with van der Waals surface area (Å²) in [6.45, 7) is 1.60. The molecular weight excluding hydrogens is 396 g/mol. The number of morpholine rings is 1. The van der Waals surface area contributed by atoms with Crippen molar-refractivity contribution in [1.82, 2.24) is 9.88 Å². The molecular formula is C21H21F2N3O4. The number of pyridine rings is 1. The molecule has 0 saturated carbocycles. The van der Waals surface area contributed by atoms with Crippen LogP contribution in [0.2, 0.25) is 0 Å². The van der Waals surface area contributed by atoms with Crippen LogP contribution < -0.4 is 4.90 Å². The van der Waals surface area contributed by atoms with E-state index in [1.165, 1.54) is 4.90 Å². The minimum absolute atomic E-state index is 0.146. The predicted molar refractivity (Wildman–Crippen MR) is 103 cm³/mol. The van der Waals surface area contributed by atoms with Crippen molar-refractivity contribution < 1.29 is 27.8 Å². The molecule has 0 N–H and O–H groups in total. The Morgan fingerprint density at radius 3 is 2.63 bits per heavy atom. The zero-order chi connectivity index (χ0) is 21.4. The first-order valence-corrected chi connectivity index (χ1v) is 9.55. The number of carbonyl (C=O) groups is 2. The fourth-order valence-electron chi connectivity index (χ4n) is 3.80. The van der Waals surface area contributed by atoms with Crippen molar-refractivity contribution in [2.24, 2.45) is 0 Å². The first kappa shape index (κ1) is 20.4. The molecule has 9 heteroatoms. The number of nitrogens with zero attached hydrogens (tertiary/aromatic N) is 3. The van der Waals surface area contributed by atoms with Crippen LogP contribution in [0.1, 0.15) is 16.1 Å². The van der Waals surface area contributed by atoms with Crippen molar-refractivity contribution in [1.29, 1.82) is 0 Å². The lowest BCUT2D eigenvalue weighted by Crippen LogP contribution is -2.66. The molecule has 2 aliphatic heterocycles. The Morgan fingerprint density at radius 2 is 1.90 bits per heavy atom. The number of benzene rings is 1. The van der Waals surface area contributed by atoms with Gasteiger partial charge >= 0.3 is 12.0 Å². The van der Waals surface area contributed by atoms with Gasteiger partial charge in [-0.05, 0) is 31.2 Å². The monoisotopic (exact) mass is 417 g/mol. The van der Waals surface area contributed by atoms with Gasteiger partial charge in [-0.15, -0.1) is 0 Å². The zero-order valence-corrected chi connectivity index (χ0v) is 16.4. The van der Waals surface area contributed by atoms with Gasteiger partial charge in [0.25, 0.3) is 5.91 Å². The highest BCUT2D eigenvalue weighted by Crippen LogP contribution is 2.37. The van der Waals surface area contributed by atoms with Gasteiger partial charge in [-0.2, -0.15) is 8.78 Å². The maximum atomic E-state index is 14.6. The number of carbonyl (C=O) groups excluding carboxylic acids is 2. The number of amides is 2. The molecule has 0 aliphatic carbocycles. The number of aromatic nitrogens is 1. The second-order valence-corrected chi connectivity index (χ2v) is 7.44. The van der Waals surface area contributed by atoms with Crippen LogP contribution in [0.4, 0.5) is 14.5 Å². The number of para-hydroxylation sites is 1. The van der Waals surface area contributed by atoms with Gasteiger partial charge in [0.05, 0.1) is 31.9 Å². The van der Waals surface area contributed by atoms with Gasteiger partial charge in [0.15, 0.2) is 0 Å². The van der Waals surface area contributed by atoms with E-state index in [1.807, 2.05) is 0 Å². The number of rotatable bonds is 2. The smallest absolute Gasteiger partial charge is 0.376 e. The van der Waals surface area contributed by atoms with Crippen LogP contribution in [-0.4, -0.2) is 66.3 Å². The van der Waals surface area contributed by atoms with Crippen molar-refractivity contribution in [3.05, 3.63) is 59.9 Å². The van der Waals surface area contributed by atoms with Crippen molar-refractivity contribution in [3.63, 3.8) is 0 Å². The van der Waals surface area contributed by atoms with Crippen molar-refractivity contribution in [2.75, 3.05) is 37.7 Å². The number of ether oxygens (including phenoxy) is 2. The lowest BCUT2D eigenvalue weighted by Gasteiger charge is -2.45. The van der Waals surface area contributed by atoms with E-state index >= 15 is 0 Å². The van der Waals surface area contributed by atoms with Crippen LogP contribution in [-0.2, 0) is 14.3 Å². The van der Waals surface area contributed by atoms with E-state index in [9.17, 15) is 18.4 Å². The van der Waals surface area contributed by atoms with E-state index in [1.54, 1.807) is 55.6 Å². The molecule has 7 nitrogen and oxygen atoms in total. The first-order valence-electron chi connectivity index (χ1n) is 9.55. The molecule has 2 aromatic rings. The van der Waals surface area contributed by atoms with Crippen molar-refractivity contribution in [2.45, 2.75) is 18.6 Å². The number of hydrogen-bond acceptors (Lipinski definition) is 5. The summed E-state index contributed by atoms with van der Waals surface area (Å²) in [5.41, 5.74) is -0.323. The van der Waals surface area contributed by atoms with E-state index in [4.69, 9.17) is 9.47 Å². The molecule has 3 heterocycles. The van der Waals surface area contributed by atoms with Crippen molar-refractivity contribution in [3.8, 4) is 0 Å². The predicted octanol–water partition coefficient (Wildman–Crippen LogP) is 2.26. The van der Waals surface area contributed by atoms with E-state index in [0.29, 0.717) is 16.9 Å². The van der Waals surface area contributed by atoms with Crippen LogP contribution in [0.15, 0.2) is 48.7 Å². The van der Waals surface area contributed by atoms with Crippen LogP contribution >= 0.6 is 0 Å². The summed E-state index contributed by atoms with van der Waals surface area (Å²) in [7, 11) is 0. The Morgan fingerprint density at radius 1 is 1.13 bits per heavy atom. The minimum atomic E-state index is -4.04. The summed E-state index contributed by atoms with van der Waals surface area (Å²) in [5, 5.41) is 0. The summed E-state index contributed by atoms with van der Waals surface area (Å²) in [5.74, 6) is -1.79. The summed E-state index contributed by atoms with van der Waals surface area (Å²) in [6, 6.07) is 11.5. The Balaban J connectivity index is 1.66. The number of aryl methyl sites for hydroxylation is 1. The highest BCUT2D eigenvalue weighted by atomic mass is 19.3. The molecule has 1 atom stereocenters. The molecule has 2 saturated heterocycles. The number of alkyl halides is 2. The number of halogens is 2. The van der Waals surface area contributed by atoms with Gasteiger partial charge in [-0.25, -0.2) is 0 Å². The van der Waals surface area contributed by atoms with Crippen molar-refractivity contribution >= 4 is 17.5 Å². The Hall–Kier alpha value is -2.91. The fraction of sp³-hybridized carbons (Fsp3) is 0.381. The average Bonchev–Trinajstić information content (AvgIpc) is 2.93. The van der Waals surface area contributed by atoms with Gasteiger partial charge in [-0.1, -0.05) is 18.2 Å². The lowest BCUT2D eigenvalue weighted by atomic mass is 9.99. The van der Waals surface area contributed by atoms with Gasteiger partial charge in [-0.3, -0.25) is 19.3 Å². The Kier molecular flexibility index (Phi) is 5.25. The van der Waals surface area contributed by atoms with Gasteiger partial charge < -0.3 is 14.5 Å². The average molecular weight is 417 g/mol. The lowest BCUT2D eigenvalue weighted by molar-refractivity contribution is -0.293. The van der Waals surface area contributed by atoms with Crippen LogP contribution in [0.3, 0.4) is 0 Å². The molecule has 30 heavy (non-hydrogen) atoms. The molecule has 2 aliphatic rings. The van der Waals surface area contributed by atoms with Crippen LogP contribution in [0.25, 0.3) is 0 Å². The molecule has 1 unspecified atom stereocenters. The number of hydrogen-bond donors (Lipinski definition) is 0. The second kappa shape index (κ2) is 7.73. The first-order chi connectivity index (χ1) is 14.3. The normalized spacial score (nSPS) is 24.0. The molecule has 1 aromatic carbocycles. The zero-order valence-electron chi connectivity index (χ0n) is 16.4. The molecule has 2 fully saturated rings. The third-order valence-electron chi connectivity index (χ3n) is 5.23. The molecule has 2 amide bonds. The maximum absolute atomic E-state index is 14.6. The Bertz CT molecular complexity index is 956. The topological polar surface area (TPSA) is 72.0 Å².